The first-order chi connectivity index (χ1) is 14.0. The lowest BCUT2D eigenvalue weighted by molar-refractivity contribution is 0.0493. The second kappa shape index (κ2) is 7.67. The summed E-state index contributed by atoms with van der Waals surface area (Å²) in [5.74, 6) is -0.0463. The minimum Gasteiger partial charge on any atom is -0.496 e. The number of benzene rings is 2. The highest BCUT2D eigenvalue weighted by Crippen LogP contribution is 2.31. The lowest BCUT2D eigenvalue weighted by Gasteiger charge is -2.39. The van der Waals surface area contributed by atoms with E-state index in [2.05, 4.69) is 5.10 Å². The summed E-state index contributed by atoms with van der Waals surface area (Å²) < 4.78 is 19.8. The second-order valence-corrected chi connectivity index (χ2v) is 7.15. The topological polar surface area (TPSA) is 64.4 Å². The molecule has 0 bridgehead atoms. The van der Waals surface area contributed by atoms with E-state index in [0.717, 1.165) is 0 Å². The van der Waals surface area contributed by atoms with E-state index >= 15 is 0 Å². The van der Waals surface area contributed by atoms with Gasteiger partial charge in [-0.3, -0.25) is 9.59 Å². The van der Waals surface area contributed by atoms with Crippen LogP contribution in [0.4, 0.5) is 4.39 Å². The third kappa shape index (κ3) is 3.73. The summed E-state index contributed by atoms with van der Waals surface area (Å²) in [5, 5.41) is 5.01. The van der Waals surface area contributed by atoms with Crippen LogP contribution >= 0.6 is 11.6 Å². The highest BCUT2D eigenvalue weighted by atomic mass is 35.5. The van der Waals surface area contributed by atoms with Gasteiger partial charge in [0.15, 0.2) is 0 Å². The Morgan fingerprint density at radius 1 is 1.14 bits per heavy atom. The van der Waals surface area contributed by atoms with E-state index < -0.39 is 5.82 Å². The van der Waals surface area contributed by atoms with Crippen LogP contribution in [-0.2, 0) is 0 Å². The molecule has 1 aliphatic heterocycles. The summed E-state index contributed by atoms with van der Waals surface area (Å²) in [6.45, 7) is 0.703. The van der Waals surface area contributed by atoms with Crippen molar-refractivity contribution in [3.05, 3.63) is 81.4 Å². The standard InChI is InChI=1S/C21H17ClFN3O3/c1-29-19-10-14(22)4-7-17(19)18-8-9-20(27)26(24-18)16-11-25(12-16)21(28)13-2-5-15(23)6-3-13/h2-10,16H,11-12H2,1H3. The molecule has 148 valence electrons. The molecule has 8 heteroatoms. The number of carbonyl (C=O) groups excluding carboxylic acids is 1. The summed E-state index contributed by atoms with van der Waals surface area (Å²) in [6.07, 6.45) is 0. The molecule has 0 aliphatic carbocycles. The van der Waals surface area contributed by atoms with Crippen molar-refractivity contribution < 1.29 is 13.9 Å². The van der Waals surface area contributed by atoms with Gasteiger partial charge in [-0.15, -0.1) is 0 Å². The smallest absolute Gasteiger partial charge is 0.267 e. The van der Waals surface area contributed by atoms with Gasteiger partial charge in [-0.05, 0) is 48.5 Å². The van der Waals surface area contributed by atoms with E-state index in [4.69, 9.17) is 16.3 Å². The van der Waals surface area contributed by atoms with Crippen LogP contribution in [0, 0.1) is 5.82 Å². The highest BCUT2D eigenvalue weighted by Gasteiger charge is 2.34. The van der Waals surface area contributed by atoms with Crippen molar-refractivity contribution in [2.75, 3.05) is 20.2 Å². The Labute approximate surface area is 171 Å². The Morgan fingerprint density at radius 3 is 2.55 bits per heavy atom. The maximum absolute atomic E-state index is 13.0. The molecule has 0 saturated carbocycles. The summed E-state index contributed by atoms with van der Waals surface area (Å²) in [6, 6.07) is 13.4. The van der Waals surface area contributed by atoms with Gasteiger partial charge in [-0.25, -0.2) is 9.07 Å². The molecule has 1 amide bonds. The number of hydrogen-bond donors (Lipinski definition) is 0. The van der Waals surface area contributed by atoms with E-state index in [-0.39, 0.29) is 17.5 Å². The van der Waals surface area contributed by atoms with Gasteiger partial charge in [0.2, 0.25) is 0 Å². The number of methoxy groups -OCH3 is 1. The Morgan fingerprint density at radius 2 is 1.86 bits per heavy atom. The van der Waals surface area contributed by atoms with Crippen molar-refractivity contribution in [1.29, 1.82) is 0 Å². The van der Waals surface area contributed by atoms with Gasteiger partial charge >= 0.3 is 0 Å². The van der Waals surface area contributed by atoms with Gasteiger partial charge in [0, 0.05) is 35.3 Å². The Bertz CT molecular complexity index is 1120. The molecule has 1 fully saturated rings. The summed E-state index contributed by atoms with van der Waals surface area (Å²) in [4.78, 5) is 26.4. The van der Waals surface area contributed by atoms with Crippen LogP contribution in [0.2, 0.25) is 5.02 Å². The average Bonchev–Trinajstić information content (AvgIpc) is 2.68. The number of likely N-dealkylation sites (tertiary alicyclic amines) is 1. The first-order valence-corrected chi connectivity index (χ1v) is 9.32. The molecule has 0 atom stereocenters. The second-order valence-electron chi connectivity index (χ2n) is 6.72. The zero-order chi connectivity index (χ0) is 20.5. The summed E-state index contributed by atoms with van der Waals surface area (Å²) in [7, 11) is 1.54. The molecule has 2 heterocycles. The number of rotatable bonds is 4. The molecule has 29 heavy (non-hydrogen) atoms. The van der Waals surface area contributed by atoms with Crippen LogP contribution in [0.1, 0.15) is 16.4 Å². The van der Waals surface area contributed by atoms with Gasteiger partial charge in [-0.1, -0.05) is 11.6 Å². The van der Waals surface area contributed by atoms with Crippen LogP contribution in [0.5, 0.6) is 5.75 Å². The molecule has 6 nitrogen and oxygen atoms in total. The fourth-order valence-corrected chi connectivity index (χ4v) is 3.42. The lowest BCUT2D eigenvalue weighted by Crippen LogP contribution is -2.53. The van der Waals surface area contributed by atoms with E-state index in [1.165, 1.54) is 42.1 Å². The molecule has 0 unspecified atom stereocenters. The predicted octanol–water partition coefficient (Wildman–Crippen LogP) is 3.41. The molecule has 0 spiro atoms. The van der Waals surface area contributed by atoms with Gasteiger partial charge < -0.3 is 9.64 Å². The zero-order valence-electron chi connectivity index (χ0n) is 15.5. The van der Waals surface area contributed by atoms with Crippen LogP contribution < -0.4 is 10.3 Å². The van der Waals surface area contributed by atoms with Crippen molar-refractivity contribution in [2.24, 2.45) is 0 Å². The Kier molecular flexibility index (Phi) is 5.07. The molecule has 2 aromatic carbocycles. The van der Waals surface area contributed by atoms with Gasteiger partial charge in [0.05, 0.1) is 18.8 Å². The quantitative estimate of drug-likeness (QED) is 0.657. The molecular weight excluding hydrogens is 397 g/mol. The molecule has 0 N–H and O–H groups in total. The zero-order valence-corrected chi connectivity index (χ0v) is 16.3. The molecular formula is C21H17ClFN3O3. The van der Waals surface area contributed by atoms with E-state index in [1.807, 2.05) is 0 Å². The first-order valence-electron chi connectivity index (χ1n) is 8.95. The summed E-state index contributed by atoms with van der Waals surface area (Å²) >= 11 is 6.01. The number of hydrogen-bond acceptors (Lipinski definition) is 4. The normalized spacial score (nSPS) is 13.8. The average molecular weight is 414 g/mol. The van der Waals surface area contributed by atoms with Crippen molar-refractivity contribution in [3.63, 3.8) is 0 Å². The molecule has 0 radical (unpaired) electrons. The minimum absolute atomic E-state index is 0.204. The highest BCUT2D eigenvalue weighted by molar-refractivity contribution is 6.30. The monoisotopic (exact) mass is 413 g/mol. The van der Waals surface area contributed by atoms with Gasteiger partial charge in [-0.2, -0.15) is 5.10 Å². The fraction of sp³-hybridized carbons (Fsp3) is 0.190. The van der Waals surface area contributed by atoms with Gasteiger partial charge in [0.1, 0.15) is 11.6 Å². The van der Waals surface area contributed by atoms with Crippen LogP contribution in [-0.4, -0.2) is 40.8 Å². The van der Waals surface area contributed by atoms with E-state index in [0.29, 0.717) is 40.7 Å². The van der Waals surface area contributed by atoms with Gasteiger partial charge in [0.25, 0.3) is 11.5 Å². The Hall–Kier alpha value is -3.19. The first kappa shape index (κ1) is 19.1. The van der Waals surface area contributed by atoms with E-state index in [9.17, 15) is 14.0 Å². The maximum atomic E-state index is 13.0. The predicted molar refractivity (Wildman–Crippen MR) is 107 cm³/mol. The van der Waals surface area contributed by atoms with Crippen molar-refractivity contribution in [1.82, 2.24) is 14.7 Å². The molecule has 1 saturated heterocycles. The third-order valence-electron chi connectivity index (χ3n) is 4.85. The third-order valence-corrected chi connectivity index (χ3v) is 5.09. The summed E-state index contributed by atoms with van der Waals surface area (Å²) in [5.41, 5.74) is 1.44. The lowest BCUT2D eigenvalue weighted by atomic mass is 10.1. The molecule has 3 aromatic rings. The largest absolute Gasteiger partial charge is 0.496 e. The fourth-order valence-electron chi connectivity index (χ4n) is 3.26. The maximum Gasteiger partial charge on any atom is 0.267 e. The van der Waals surface area contributed by atoms with E-state index in [1.54, 1.807) is 29.2 Å². The number of amides is 1. The number of carbonyl (C=O) groups is 1. The Balaban J connectivity index is 1.55. The number of halogens is 2. The van der Waals surface area contributed by atoms with Crippen LogP contribution in [0.25, 0.3) is 11.3 Å². The number of ether oxygens (including phenoxy) is 1. The van der Waals surface area contributed by atoms with Crippen molar-refractivity contribution in [2.45, 2.75) is 6.04 Å². The van der Waals surface area contributed by atoms with Crippen LogP contribution in [0.3, 0.4) is 0 Å². The number of aromatic nitrogens is 2. The van der Waals surface area contributed by atoms with Crippen molar-refractivity contribution in [3.8, 4) is 17.0 Å². The SMILES string of the molecule is COc1cc(Cl)ccc1-c1ccc(=O)n(C2CN(C(=O)c3ccc(F)cc3)C2)n1. The minimum atomic E-state index is -0.395. The van der Waals surface area contributed by atoms with Crippen molar-refractivity contribution >= 4 is 17.5 Å². The van der Waals surface area contributed by atoms with Crippen LogP contribution in [0.15, 0.2) is 59.4 Å². The number of nitrogens with zero attached hydrogens (tertiary/aromatic N) is 3. The molecule has 4 rings (SSSR count). The molecule has 1 aliphatic rings. The molecule has 1 aromatic heterocycles.